The summed E-state index contributed by atoms with van der Waals surface area (Å²) in [4.78, 5) is 25.8. The van der Waals surface area contributed by atoms with E-state index in [0.717, 1.165) is 19.3 Å². The van der Waals surface area contributed by atoms with Crippen LogP contribution in [0.3, 0.4) is 0 Å². The molecule has 1 heterocycles. The fraction of sp³-hybridized carbons (Fsp3) is 0.625. The fourth-order valence-corrected chi connectivity index (χ4v) is 3.57. The van der Waals surface area contributed by atoms with Crippen molar-refractivity contribution in [1.29, 1.82) is 0 Å². The highest BCUT2D eigenvalue weighted by Gasteiger charge is 2.22. The van der Waals surface area contributed by atoms with E-state index < -0.39 is 6.10 Å². The third kappa shape index (κ3) is 4.30. The van der Waals surface area contributed by atoms with Gasteiger partial charge in [-0.25, -0.2) is 4.79 Å². The van der Waals surface area contributed by atoms with Gasteiger partial charge in [-0.15, -0.1) is 11.3 Å². The molecule has 0 aliphatic heterocycles. The first-order valence-electron chi connectivity index (χ1n) is 7.72. The second kappa shape index (κ2) is 7.59. The van der Waals surface area contributed by atoms with Gasteiger partial charge >= 0.3 is 5.97 Å². The summed E-state index contributed by atoms with van der Waals surface area (Å²) in [6, 6.07) is 1.95. The van der Waals surface area contributed by atoms with Crippen molar-refractivity contribution in [2.24, 2.45) is 0 Å². The molecule has 1 aromatic heterocycles. The van der Waals surface area contributed by atoms with E-state index in [1.165, 1.54) is 41.0 Å². The number of carbonyl (C=O) groups excluding carboxylic acids is 2. The largest absolute Gasteiger partial charge is 0.448 e. The number of esters is 1. The normalized spacial score (nSPS) is 15.7. The standard InChI is InChI=1S/C16H23NO3S/c1-3-9-17-15(18)11(2)20-16(19)14-10-12-7-5-4-6-8-13(12)21-14/h10-11H,3-9H2,1-2H3,(H,17,18). The zero-order valence-electron chi connectivity index (χ0n) is 12.7. The van der Waals surface area contributed by atoms with Gasteiger partial charge in [-0.1, -0.05) is 13.3 Å². The molecule has 1 aliphatic carbocycles. The molecule has 21 heavy (non-hydrogen) atoms. The molecular formula is C16H23NO3S. The number of hydrogen-bond acceptors (Lipinski definition) is 4. The molecule has 0 bridgehead atoms. The minimum absolute atomic E-state index is 0.233. The van der Waals surface area contributed by atoms with E-state index in [0.29, 0.717) is 11.4 Å². The van der Waals surface area contributed by atoms with Gasteiger partial charge in [-0.3, -0.25) is 4.79 Å². The van der Waals surface area contributed by atoms with Crippen LogP contribution in [0.1, 0.15) is 59.6 Å². The van der Waals surface area contributed by atoms with Gasteiger partial charge in [0, 0.05) is 11.4 Å². The van der Waals surface area contributed by atoms with E-state index in [1.54, 1.807) is 6.92 Å². The van der Waals surface area contributed by atoms with Crippen LogP contribution in [0.2, 0.25) is 0 Å². The molecule has 116 valence electrons. The van der Waals surface area contributed by atoms with E-state index in [4.69, 9.17) is 4.74 Å². The minimum Gasteiger partial charge on any atom is -0.448 e. The number of nitrogens with one attached hydrogen (secondary N) is 1. The lowest BCUT2D eigenvalue weighted by Gasteiger charge is -2.12. The number of rotatable bonds is 5. The maximum atomic E-state index is 12.1. The molecule has 0 radical (unpaired) electrons. The molecule has 1 atom stereocenters. The van der Waals surface area contributed by atoms with Crippen LogP contribution in [-0.2, 0) is 22.4 Å². The Balaban J connectivity index is 1.95. The van der Waals surface area contributed by atoms with Gasteiger partial charge in [-0.2, -0.15) is 0 Å². The summed E-state index contributed by atoms with van der Waals surface area (Å²) in [5.74, 6) is -0.615. The molecule has 5 heteroatoms. The van der Waals surface area contributed by atoms with Crippen LogP contribution in [0.5, 0.6) is 0 Å². The van der Waals surface area contributed by atoms with Gasteiger partial charge in [0.2, 0.25) is 0 Å². The predicted octanol–water partition coefficient (Wildman–Crippen LogP) is 3.09. The van der Waals surface area contributed by atoms with Crippen LogP contribution >= 0.6 is 11.3 Å². The monoisotopic (exact) mass is 309 g/mol. The lowest BCUT2D eigenvalue weighted by Crippen LogP contribution is -2.36. The maximum Gasteiger partial charge on any atom is 0.349 e. The number of amides is 1. The van der Waals surface area contributed by atoms with Crippen LogP contribution in [0.15, 0.2) is 6.07 Å². The number of thiophene rings is 1. The van der Waals surface area contributed by atoms with Crippen LogP contribution < -0.4 is 5.32 Å². The van der Waals surface area contributed by atoms with Gasteiger partial charge < -0.3 is 10.1 Å². The van der Waals surface area contributed by atoms with E-state index in [2.05, 4.69) is 5.32 Å². The number of ether oxygens (including phenoxy) is 1. The van der Waals surface area contributed by atoms with E-state index >= 15 is 0 Å². The molecule has 0 spiro atoms. The summed E-state index contributed by atoms with van der Waals surface area (Å²) in [6.45, 7) is 4.20. The Hall–Kier alpha value is -1.36. The molecule has 0 saturated heterocycles. The Kier molecular flexibility index (Phi) is 5.79. The van der Waals surface area contributed by atoms with Crippen molar-refractivity contribution in [2.75, 3.05) is 6.54 Å². The topological polar surface area (TPSA) is 55.4 Å². The highest BCUT2D eigenvalue weighted by atomic mass is 32.1. The molecule has 0 aromatic carbocycles. The highest BCUT2D eigenvalue weighted by molar-refractivity contribution is 7.14. The van der Waals surface area contributed by atoms with Gasteiger partial charge in [0.25, 0.3) is 5.91 Å². The van der Waals surface area contributed by atoms with Crippen LogP contribution in [0.4, 0.5) is 0 Å². The van der Waals surface area contributed by atoms with E-state index in [-0.39, 0.29) is 11.9 Å². The average Bonchev–Trinajstić information content (AvgIpc) is 2.76. The Labute approximate surface area is 129 Å². The summed E-state index contributed by atoms with van der Waals surface area (Å²) in [5.41, 5.74) is 1.28. The van der Waals surface area contributed by atoms with Crippen LogP contribution in [0, 0.1) is 0 Å². The summed E-state index contributed by atoms with van der Waals surface area (Å²) in [7, 11) is 0. The summed E-state index contributed by atoms with van der Waals surface area (Å²) >= 11 is 1.52. The van der Waals surface area contributed by atoms with Crippen LogP contribution in [-0.4, -0.2) is 24.5 Å². The van der Waals surface area contributed by atoms with E-state index in [1.807, 2.05) is 13.0 Å². The van der Waals surface area contributed by atoms with Gasteiger partial charge in [0.15, 0.2) is 6.10 Å². The van der Waals surface area contributed by atoms with Crippen molar-refractivity contribution < 1.29 is 14.3 Å². The van der Waals surface area contributed by atoms with Crippen molar-refractivity contribution in [3.63, 3.8) is 0 Å². The zero-order chi connectivity index (χ0) is 15.2. The Morgan fingerprint density at radius 2 is 2.10 bits per heavy atom. The average molecular weight is 309 g/mol. The molecule has 1 amide bonds. The highest BCUT2D eigenvalue weighted by Crippen LogP contribution is 2.29. The van der Waals surface area contributed by atoms with Crippen molar-refractivity contribution >= 4 is 23.2 Å². The summed E-state index contributed by atoms with van der Waals surface area (Å²) in [5, 5.41) is 2.73. The smallest absolute Gasteiger partial charge is 0.349 e. The number of hydrogen-bond donors (Lipinski definition) is 1. The Bertz CT molecular complexity index is 486. The quantitative estimate of drug-likeness (QED) is 0.672. The molecule has 4 nitrogen and oxygen atoms in total. The van der Waals surface area contributed by atoms with Gasteiger partial charge in [-0.05, 0) is 50.7 Å². The second-order valence-corrected chi connectivity index (χ2v) is 6.60. The molecule has 0 fully saturated rings. The first-order chi connectivity index (χ1) is 10.1. The zero-order valence-corrected chi connectivity index (χ0v) is 13.6. The van der Waals surface area contributed by atoms with Gasteiger partial charge in [0.1, 0.15) is 4.88 Å². The number of aryl methyl sites for hydroxylation is 2. The lowest BCUT2D eigenvalue weighted by molar-refractivity contribution is -0.129. The maximum absolute atomic E-state index is 12.1. The molecule has 2 rings (SSSR count). The molecule has 1 aliphatic rings. The molecule has 0 saturated carbocycles. The summed E-state index contributed by atoms with van der Waals surface area (Å²) < 4.78 is 5.26. The van der Waals surface area contributed by atoms with E-state index in [9.17, 15) is 9.59 Å². The van der Waals surface area contributed by atoms with Crippen molar-refractivity contribution in [2.45, 2.75) is 58.5 Å². The Morgan fingerprint density at radius 1 is 1.33 bits per heavy atom. The second-order valence-electron chi connectivity index (χ2n) is 5.46. The number of fused-ring (bicyclic) bond motifs is 1. The predicted molar refractivity (Wildman–Crippen MR) is 83.8 cm³/mol. The first-order valence-corrected chi connectivity index (χ1v) is 8.53. The molecule has 1 N–H and O–H groups in total. The van der Waals surface area contributed by atoms with Gasteiger partial charge in [0.05, 0.1) is 0 Å². The fourth-order valence-electron chi connectivity index (χ4n) is 2.43. The summed E-state index contributed by atoms with van der Waals surface area (Å²) in [6.07, 6.45) is 5.86. The third-order valence-corrected chi connectivity index (χ3v) is 4.87. The molecule has 1 unspecified atom stereocenters. The minimum atomic E-state index is -0.744. The lowest BCUT2D eigenvalue weighted by atomic mass is 10.1. The Morgan fingerprint density at radius 3 is 2.86 bits per heavy atom. The number of carbonyl (C=O) groups is 2. The molecule has 1 aromatic rings. The molecular weight excluding hydrogens is 286 g/mol. The third-order valence-electron chi connectivity index (χ3n) is 3.65. The van der Waals surface area contributed by atoms with Crippen LogP contribution in [0.25, 0.3) is 0 Å². The van der Waals surface area contributed by atoms with Crippen molar-refractivity contribution in [1.82, 2.24) is 5.32 Å². The van der Waals surface area contributed by atoms with Crippen molar-refractivity contribution in [3.8, 4) is 0 Å². The first kappa shape index (κ1) is 16.0. The SMILES string of the molecule is CCCNC(=O)C(C)OC(=O)c1cc2c(s1)CCCCC2. The van der Waals surface area contributed by atoms with Crippen molar-refractivity contribution in [3.05, 3.63) is 21.4 Å².